The highest BCUT2D eigenvalue weighted by Gasteiger charge is 2.34. The molecule has 0 saturated heterocycles. The lowest BCUT2D eigenvalue weighted by atomic mass is 9.73. The predicted octanol–water partition coefficient (Wildman–Crippen LogP) is 0.890. The Hall–Kier alpha value is -1.46. The molecule has 0 amide bonds. The van der Waals surface area contributed by atoms with Crippen molar-refractivity contribution in [2.45, 2.75) is 32.6 Å². The molecule has 1 aliphatic rings. The highest BCUT2D eigenvalue weighted by Crippen LogP contribution is 2.35. The van der Waals surface area contributed by atoms with Gasteiger partial charge in [0, 0.05) is 6.42 Å². The van der Waals surface area contributed by atoms with Crippen LogP contribution in [0.4, 0.5) is 0 Å². The molecule has 17 heavy (non-hydrogen) atoms. The van der Waals surface area contributed by atoms with Gasteiger partial charge in [-0.3, -0.25) is 4.79 Å². The first kappa shape index (κ1) is 12.0. The van der Waals surface area contributed by atoms with Gasteiger partial charge in [0.25, 0.3) is 0 Å². The van der Waals surface area contributed by atoms with Gasteiger partial charge < -0.3 is 5.11 Å². The molecule has 94 valence electrons. The second-order valence-electron chi connectivity index (χ2n) is 5.02. The average Bonchev–Trinajstić information content (AvgIpc) is 2.63. The van der Waals surface area contributed by atoms with Crippen LogP contribution in [0.15, 0.2) is 0 Å². The Labute approximate surface area is 100 Å². The maximum Gasteiger partial charge on any atom is 0.306 e. The van der Waals surface area contributed by atoms with E-state index in [1.54, 1.807) is 7.05 Å². The summed E-state index contributed by atoms with van der Waals surface area (Å²) in [6, 6.07) is 0. The lowest BCUT2D eigenvalue weighted by Crippen LogP contribution is -2.31. The molecule has 0 bridgehead atoms. The molecular formula is C11H18N4O2. The Kier molecular flexibility index (Phi) is 3.40. The van der Waals surface area contributed by atoms with Gasteiger partial charge in [0.1, 0.15) is 0 Å². The Morgan fingerprint density at radius 3 is 2.88 bits per heavy atom. The third-order valence-corrected chi connectivity index (χ3v) is 3.56. The van der Waals surface area contributed by atoms with E-state index in [1.807, 2.05) is 0 Å². The summed E-state index contributed by atoms with van der Waals surface area (Å²) in [5, 5.41) is 21.1. The van der Waals surface area contributed by atoms with E-state index < -0.39 is 5.97 Å². The maximum atomic E-state index is 11.2. The minimum Gasteiger partial charge on any atom is -0.481 e. The van der Waals surface area contributed by atoms with Gasteiger partial charge in [-0.15, -0.1) is 10.2 Å². The molecule has 0 aliphatic heterocycles. The fourth-order valence-corrected chi connectivity index (χ4v) is 2.69. The predicted molar refractivity (Wildman–Crippen MR) is 60.1 cm³/mol. The molecule has 6 nitrogen and oxygen atoms in total. The van der Waals surface area contributed by atoms with Crippen LogP contribution in [0, 0.1) is 17.8 Å². The summed E-state index contributed by atoms with van der Waals surface area (Å²) in [7, 11) is 1.72. The first-order valence-corrected chi connectivity index (χ1v) is 6.02. The Morgan fingerprint density at radius 1 is 1.53 bits per heavy atom. The van der Waals surface area contributed by atoms with Crippen molar-refractivity contribution in [1.29, 1.82) is 0 Å². The number of carbonyl (C=O) groups is 1. The van der Waals surface area contributed by atoms with Gasteiger partial charge in [-0.25, -0.2) is 0 Å². The minimum atomic E-state index is -0.689. The number of tetrazole rings is 1. The highest BCUT2D eigenvalue weighted by molar-refractivity contribution is 5.70. The zero-order valence-corrected chi connectivity index (χ0v) is 10.2. The normalized spacial score (nSPS) is 29.2. The lowest BCUT2D eigenvalue weighted by Gasteiger charge is -2.31. The molecule has 1 N–H and O–H groups in total. The molecule has 1 fully saturated rings. The van der Waals surface area contributed by atoms with E-state index >= 15 is 0 Å². The van der Waals surface area contributed by atoms with Gasteiger partial charge >= 0.3 is 5.97 Å². The Balaban J connectivity index is 2.07. The molecule has 0 spiro atoms. The van der Waals surface area contributed by atoms with Gasteiger partial charge in [0.15, 0.2) is 5.82 Å². The molecule has 3 unspecified atom stereocenters. The maximum absolute atomic E-state index is 11.2. The van der Waals surface area contributed by atoms with Gasteiger partial charge in [0.2, 0.25) is 0 Å². The third-order valence-electron chi connectivity index (χ3n) is 3.56. The number of rotatable bonds is 3. The van der Waals surface area contributed by atoms with E-state index in [1.165, 1.54) is 4.80 Å². The summed E-state index contributed by atoms with van der Waals surface area (Å²) in [6.45, 7) is 2.18. The van der Waals surface area contributed by atoms with Gasteiger partial charge in [-0.2, -0.15) is 4.80 Å². The third kappa shape index (κ3) is 2.81. The number of hydrogen-bond acceptors (Lipinski definition) is 4. The second kappa shape index (κ2) is 4.81. The SMILES string of the molecule is CC1CCC(C(=O)O)C(Cc2nnn(C)n2)C1. The molecule has 2 rings (SSSR count). The second-order valence-corrected chi connectivity index (χ2v) is 5.02. The van der Waals surface area contributed by atoms with Crippen molar-refractivity contribution in [2.24, 2.45) is 24.8 Å². The highest BCUT2D eigenvalue weighted by atomic mass is 16.4. The van der Waals surface area contributed by atoms with E-state index in [2.05, 4.69) is 22.3 Å². The smallest absolute Gasteiger partial charge is 0.306 e. The van der Waals surface area contributed by atoms with Crippen molar-refractivity contribution in [3.8, 4) is 0 Å². The summed E-state index contributed by atoms with van der Waals surface area (Å²) < 4.78 is 0. The van der Waals surface area contributed by atoms with E-state index in [-0.39, 0.29) is 11.8 Å². The summed E-state index contributed by atoms with van der Waals surface area (Å²) in [5.41, 5.74) is 0. The van der Waals surface area contributed by atoms with E-state index in [4.69, 9.17) is 0 Å². The van der Waals surface area contributed by atoms with E-state index in [0.717, 1.165) is 19.3 Å². The van der Waals surface area contributed by atoms with Gasteiger partial charge in [-0.05, 0) is 36.3 Å². The molecular weight excluding hydrogens is 220 g/mol. The van der Waals surface area contributed by atoms with Crippen LogP contribution in [0.2, 0.25) is 0 Å². The number of hydrogen-bond donors (Lipinski definition) is 1. The van der Waals surface area contributed by atoms with Crippen LogP contribution in [0.3, 0.4) is 0 Å². The lowest BCUT2D eigenvalue weighted by molar-refractivity contribution is -0.145. The molecule has 1 aromatic heterocycles. The number of carboxylic acid groups (broad SMARTS) is 1. The average molecular weight is 238 g/mol. The molecule has 1 heterocycles. The quantitative estimate of drug-likeness (QED) is 0.845. The fraction of sp³-hybridized carbons (Fsp3) is 0.818. The molecule has 0 radical (unpaired) electrons. The van der Waals surface area contributed by atoms with Crippen molar-refractivity contribution in [2.75, 3.05) is 0 Å². The van der Waals surface area contributed by atoms with Crippen molar-refractivity contribution in [3.63, 3.8) is 0 Å². The van der Waals surface area contributed by atoms with Crippen molar-refractivity contribution < 1.29 is 9.90 Å². The summed E-state index contributed by atoms with van der Waals surface area (Å²) in [5.74, 6) is 0.436. The van der Waals surface area contributed by atoms with Crippen LogP contribution in [0.5, 0.6) is 0 Å². The molecule has 6 heteroatoms. The van der Waals surface area contributed by atoms with Crippen LogP contribution in [0.1, 0.15) is 32.0 Å². The van der Waals surface area contributed by atoms with E-state index in [0.29, 0.717) is 18.2 Å². The first-order valence-electron chi connectivity index (χ1n) is 6.02. The van der Waals surface area contributed by atoms with Crippen molar-refractivity contribution >= 4 is 5.97 Å². The number of carboxylic acids is 1. The zero-order valence-electron chi connectivity index (χ0n) is 10.2. The monoisotopic (exact) mass is 238 g/mol. The largest absolute Gasteiger partial charge is 0.481 e. The van der Waals surface area contributed by atoms with Crippen LogP contribution in [-0.2, 0) is 18.3 Å². The van der Waals surface area contributed by atoms with Crippen LogP contribution < -0.4 is 0 Å². The van der Waals surface area contributed by atoms with Crippen LogP contribution >= 0.6 is 0 Å². The first-order chi connectivity index (χ1) is 8.06. The number of aryl methyl sites for hydroxylation is 1. The fourth-order valence-electron chi connectivity index (χ4n) is 2.69. The standard InChI is InChI=1S/C11H18N4O2/c1-7-3-4-9(11(16)17)8(5-7)6-10-12-14-15(2)13-10/h7-9H,3-6H2,1-2H3,(H,16,17). The molecule has 0 aromatic carbocycles. The topological polar surface area (TPSA) is 80.9 Å². The number of aliphatic carboxylic acids is 1. The molecule has 1 aromatic rings. The summed E-state index contributed by atoms with van der Waals surface area (Å²) >= 11 is 0. The van der Waals surface area contributed by atoms with Crippen molar-refractivity contribution in [3.05, 3.63) is 5.82 Å². The number of aromatic nitrogens is 4. The van der Waals surface area contributed by atoms with Crippen LogP contribution in [0.25, 0.3) is 0 Å². The molecule has 3 atom stereocenters. The Morgan fingerprint density at radius 2 is 2.29 bits per heavy atom. The van der Waals surface area contributed by atoms with Gasteiger partial charge in [0.05, 0.1) is 13.0 Å². The van der Waals surface area contributed by atoms with Gasteiger partial charge in [-0.1, -0.05) is 6.92 Å². The molecule has 1 saturated carbocycles. The summed E-state index contributed by atoms with van der Waals surface area (Å²) in [6.07, 6.45) is 3.33. The minimum absolute atomic E-state index is 0.139. The zero-order chi connectivity index (χ0) is 12.4. The number of nitrogens with zero attached hydrogens (tertiary/aromatic N) is 4. The van der Waals surface area contributed by atoms with E-state index in [9.17, 15) is 9.90 Å². The van der Waals surface area contributed by atoms with Crippen molar-refractivity contribution in [1.82, 2.24) is 20.2 Å². The Bertz CT molecular complexity index is 404. The molecule has 1 aliphatic carbocycles. The van der Waals surface area contributed by atoms with Crippen LogP contribution in [-0.4, -0.2) is 31.3 Å². The summed E-state index contributed by atoms with van der Waals surface area (Å²) in [4.78, 5) is 12.6.